The van der Waals surface area contributed by atoms with Crippen molar-refractivity contribution in [3.8, 4) is 0 Å². The molecule has 0 radical (unpaired) electrons. The van der Waals surface area contributed by atoms with Gasteiger partial charge in [0.2, 0.25) is 0 Å². The molecule has 1 atom stereocenters. The first-order valence-corrected chi connectivity index (χ1v) is 5.88. The third-order valence-corrected chi connectivity index (χ3v) is 2.42. The third kappa shape index (κ3) is 5.36. The maximum Gasteiger partial charge on any atom is 0.193 e. The van der Waals surface area contributed by atoms with Crippen LogP contribution in [-0.2, 0) is 0 Å². The van der Waals surface area contributed by atoms with Crippen molar-refractivity contribution in [1.82, 2.24) is 0 Å². The van der Waals surface area contributed by atoms with Crippen LogP contribution >= 0.6 is 0 Å². The maximum absolute atomic E-state index is 9.94. The summed E-state index contributed by atoms with van der Waals surface area (Å²) in [5, 5.41) is 12.9. The molecule has 4 nitrogen and oxygen atoms in total. The molecular weight excluding hydrogens is 214 g/mol. The molecule has 0 saturated carbocycles. The molecule has 0 aromatic heterocycles. The zero-order valence-electron chi connectivity index (χ0n) is 10.5. The summed E-state index contributed by atoms with van der Waals surface area (Å²) < 4.78 is 0. The Hall–Kier alpha value is -1.55. The van der Waals surface area contributed by atoms with E-state index in [0.717, 1.165) is 18.5 Å². The van der Waals surface area contributed by atoms with Gasteiger partial charge in [-0.25, -0.2) is 0 Å². The van der Waals surface area contributed by atoms with Crippen molar-refractivity contribution in [3.05, 3.63) is 30.3 Å². The van der Waals surface area contributed by atoms with Crippen molar-refractivity contribution in [2.24, 2.45) is 10.7 Å². The highest BCUT2D eigenvalue weighted by atomic mass is 16.3. The number of hydrogen-bond donors (Lipinski definition) is 3. The van der Waals surface area contributed by atoms with Crippen LogP contribution in [0.5, 0.6) is 0 Å². The molecule has 0 bridgehead atoms. The molecule has 0 aliphatic rings. The maximum atomic E-state index is 9.94. The van der Waals surface area contributed by atoms with Gasteiger partial charge in [-0.2, -0.15) is 0 Å². The molecule has 1 aromatic carbocycles. The first kappa shape index (κ1) is 13.5. The van der Waals surface area contributed by atoms with E-state index in [0.29, 0.717) is 12.5 Å². The molecule has 1 aromatic rings. The van der Waals surface area contributed by atoms with Crippen molar-refractivity contribution in [2.45, 2.75) is 32.3 Å². The lowest BCUT2D eigenvalue weighted by atomic mass is 10.0. The lowest BCUT2D eigenvalue weighted by Gasteiger charge is -2.20. The van der Waals surface area contributed by atoms with Crippen molar-refractivity contribution < 1.29 is 5.11 Å². The monoisotopic (exact) mass is 235 g/mol. The first-order chi connectivity index (χ1) is 8.03. The van der Waals surface area contributed by atoms with E-state index in [9.17, 15) is 5.11 Å². The zero-order chi connectivity index (χ0) is 12.7. The number of nitrogens with one attached hydrogen (secondary N) is 1. The fraction of sp³-hybridized carbons (Fsp3) is 0.462. The van der Waals surface area contributed by atoms with Crippen molar-refractivity contribution in [3.63, 3.8) is 0 Å². The Morgan fingerprint density at radius 2 is 2.06 bits per heavy atom. The molecule has 0 heterocycles. The van der Waals surface area contributed by atoms with Crippen molar-refractivity contribution in [1.29, 1.82) is 0 Å². The van der Waals surface area contributed by atoms with E-state index in [1.54, 1.807) is 6.92 Å². The number of hydrogen-bond acceptors (Lipinski definition) is 2. The molecular formula is C13H21N3O. The van der Waals surface area contributed by atoms with Gasteiger partial charge in [0, 0.05) is 5.69 Å². The SMILES string of the molecule is CCCC(C)(O)CN=C(N)Nc1ccccc1. The Kier molecular flexibility index (Phi) is 4.97. The van der Waals surface area contributed by atoms with Crippen molar-refractivity contribution >= 4 is 11.6 Å². The quantitative estimate of drug-likeness (QED) is 0.539. The van der Waals surface area contributed by atoms with Gasteiger partial charge in [0.15, 0.2) is 5.96 Å². The standard InChI is InChI=1S/C13H21N3O/c1-3-9-13(2,17)10-15-12(14)16-11-7-5-4-6-8-11/h4-8,17H,3,9-10H2,1-2H3,(H3,14,15,16). The van der Waals surface area contributed by atoms with Gasteiger partial charge in [-0.05, 0) is 25.5 Å². The van der Waals surface area contributed by atoms with E-state index < -0.39 is 5.60 Å². The lowest BCUT2D eigenvalue weighted by molar-refractivity contribution is 0.0598. The van der Waals surface area contributed by atoms with Crippen LogP contribution in [0.4, 0.5) is 5.69 Å². The van der Waals surface area contributed by atoms with Crippen LogP contribution in [0, 0.1) is 0 Å². The lowest BCUT2D eigenvalue weighted by Crippen LogP contribution is -2.31. The van der Waals surface area contributed by atoms with Gasteiger partial charge in [0.1, 0.15) is 0 Å². The van der Waals surface area contributed by atoms with E-state index in [-0.39, 0.29) is 0 Å². The normalized spacial score (nSPS) is 15.4. The molecule has 0 fully saturated rings. The summed E-state index contributed by atoms with van der Waals surface area (Å²) in [6.45, 7) is 4.12. The molecule has 17 heavy (non-hydrogen) atoms. The second-order valence-corrected chi connectivity index (χ2v) is 4.44. The average molecular weight is 235 g/mol. The molecule has 0 amide bonds. The van der Waals surface area contributed by atoms with Gasteiger partial charge in [0.25, 0.3) is 0 Å². The number of aliphatic imine (C=N–C) groups is 1. The number of nitrogens with zero attached hydrogens (tertiary/aromatic N) is 1. The predicted octanol–water partition coefficient (Wildman–Crippen LogP) is 1.96. The predicted molar refractivity (Wildman–Crippen MR) is 72.1 cm³/mol. The summed E-state index contributed by atoms with van der Waals surface area (Å²) in [6, 6.07) is 9.59. The highest BCUT2D eigenvalue weighted by Crippen LogP contribution is 2.12. The molecule has 0 aliphatic heterocycles. The van der Waals surface area contributed by atoms with E-state index >= 15 is 0 Å². The van der Waals surface area contributed by atoms with E-state index in [4.69, 9.17) is 5.73 Å². The summed E-state index contributed by atoms with van der Waals surface area (Å²) in [5.74, 6) is 0.326. The minimum Gasteiger partial charge on any atom is -0.388 e. The molecule has 1 rings (SSSR count). The first-order valence-electron chi connectivity index (χ1n) is 5.88. The Morgan fingerprint density at radius 3 is 2.65 bits per heavy atom. The average Bonchev–Trinajstić information content (AvgIpc) is 2.28. The summed E-state index contributed by atoms with van der Waals surface area (Å²) in [4.78, 5) is 4.14. The van der Waals surface area contributed by atoms with Gasteiger partial charge >= 0.3 is 0 Å². The topological polar surface area (TPSA) is 70.6 Å². The summed E-state index contributed by atoms with van der Waals surface area (Å²) in [7, 11) is 0. The number of anilines is 1. The zero-order valence-corrected chi connectivity index (χ0v) is 10.5. The largest absolute Gasteiger partial charge is 0.388 e. The van der Waals surface area contributed by atoms with Crippen LogP contribution in [0.3, 0.4) is 0 Å². The number of para-hydroxylation sites is 1. The van der Waals surface area contributed by atoms with Crippen LogP contribution in [0.15, 0.2) is 35.3 Å². The number of aliphatic hydroxyl groups is 1. The molecule has 4 N–H and O–H groups in total. The third-order valence-electron chi connectivity index (χ3n) is 2.42. The number of benzene rings is 1. The highest BCUT2D eigenvalue weighted by Gasteiger charge is 2.18. The van der Waals surface area contributed by atoms with E-state index in [1.165, 1.54) is 0 Å². The van der Waals surface area contributed by atoms with Crippen molar-refractivity contribution in [2.75, 3.05) is 11.9 Å². The molecule has 0 spiro atoms. The smallest absolute Gasteiger partial charge is 0.193 e. The number of rotatable bonds is 5. The molecule has 1 unspecified atom stereocenters. The van der Waals surface area contributed by atoms with Crippen LogP contribution in [0.25, 0.3) is 0 Å². The molecule has 0 aliphatic carbocycles. The van der Waals surface area contributed by atoms with Crippen LogP contribution < -0.4 is 11.1 Å². The van der Waals surface area contributed by atoms with Gasteiger partial charge in [0.05, 0.1) is 12.1 Å². The van der Waals surface area contributed by atoms with Gasteiger partial charge in [-0.3, -0.25) is 4.99 Å². The molecule has 0 saturated heterocycles. The Morgan fingerprint density at radius 1 is 1.41 bits per heavy atom. The minimum absolute atomic E-state index is 0.312. The minimum atomic E-state index is -0.780. The van der Waals surface area contributed by atoms with Gasteiger partial charge < -0.3 is 16.2 Å². The Balaban J connectivity index is 2.50. The second-order valence-electron chi connectivity index (χ2n) is 4.44. The fourth-order valence-electron chi connectivity index (χ4n) is 1.58. The molecule has 94 valence electrons. The van der Waals surface area contributed by atoms with Gasteiger partial charge in [-0.1, -0.05) is 31.5 Å². The molecule has 4 heteroatoms. The fourth-order valence-corrected chi connectivity index (χ4v) is 1.58. The number of nitrogens with two attached hydrogens (primary N) is 1. The summed E-state index contributed by atoms with van der Waals surface area (Å²) in [5.41, 5.74) is 5.85. The number of guanidine groups is 1. The summed E-state index contributed by atoms with van der Waals surface area (Å²) >= 11 is 0. The van der Waals surface area contributed by atoms with Crippen LogP contribution in [0.1, 0.15) is 26.7 Å². The summed E-state index contributed by atoms with van der Waals surface area (Å²) in [6.07, 6.45) is 1.64. The highest BCUT2D eigenvalue weighted by molar-refractivity contribution is 5.92. The second kappa shape index (κ2) is 6.25. The van der Waals surface area contributed by atoms with Gasteiger partial charge in [-0.15, -0.1) is 0 Å². The Labute approximate surface area is 103 Å². The Bertz CT molecular complexity index is 360. The van der Waals surface area contributed by atoms with E-state index in [2.05, 4.69) is 10.3 Å². The van der Waals surface area contributed by atoms with E-state index in [1.807, 2.05) is 37.3 Å². The van der Waals surface area contributed by atoms with Crippen LogP contribution in [0.2, 0.25) is 0 Å². The van der Waals surface area contributed by atoms with Crippen LogP contribution in [-0.4, -0.2) is 23.2 Å².